The lowest BCUT2D eigenvalue weighted by Crippen LogP contribution is -2.52. The Labute approximate surface area is 200 Å². The summed E-state index contributed by atoms with van der Waals surface area (Å²) in [5, 5.41) is 5.60. The van der Waals surface area contributed by atoms with Crippen molar-refractivity contribution in [3.63, 3.8) is 0 Å². The van der Waals surface area contributed by atoms with Gasteiger partial charge in [-0.2, -0.15) is 11.8 Å². The molecule has 178 valence electrons. The molecular formula is C26H34N2O4S. The van der Waals surface area contributed by atoms with Gasteiger partial charge in [0.2, 0.25) is 5.91 Å². The van der Waals surface area contributed by atoms with Crippen LogP contribution in [0.3, 0.4) is 0 Å². The molecule has 0 spiro atoms. The second-order valence-corrected chi connectivity index (χ2v) is 9.47. The Bertz CT molecular complexity index is 890. The fraction of sp³-hybridized carbons (Fsp3) is 0.423. The van der Waals surface area contributed by atoms with Crippen LogP contribution < -0.4 is 10.6 Å². The van der Waals surface area contributed by atoms with Gasteiger partial charge in [0, 0.05) is 5.25 Å². The van der Waals surface area contributed by atoms with Gasteiger partial charge < -0.3 is 15.4 Å². The summed E-state index contributed by atoms with van der Waals surface area (Å²) in [5.41, 5.74) is 1.96. The molecule has 0 saturated heterocycles. The summed E-state index contributed by atoms with van der Waals surface area (Å²) in [6.45, 7) is 5.54. The molecule has 0 heterocycles. The van der Waals surface area contributed by atoms with Crippen LogP contribution in [0.15, 0.2) is 60.7 Å². The van der Waals surface area contributed by atoms with E-state index in [1.165, 1.54) is 6.92 Å². The van der Waals surface area contributed by atoms with Crippen molar-refractivity contribution in [3.8, 4) is 0 Å². The molecule has 2 rings (SSSR count). The smallest absolute Gasteiger partial charge is 0.408 e. The maximum atomic E-state index is 13.1. The van der Waals surface area contributed by atoms with Crippen LogP contribution in [0.2, 0.25) is 0 Å². The van der Waals surface area contributed by atoms with Crippen molar-refractivity contribution in [2.24, 2.45) is 5.92 Å². The summed E-state index contributed by atoms with van der Waals surface area (Å²) >= 11 is 1.64. The van der Waals surface area contributed by atoms with Gasteiger partial charge in [-0.15, -0.1) is 0 Å². The topological polar surface area (TPSA) is 84.5 Å². The lowest BCUT2D eigenvalue weighted by Gasteiger charge is -2.25. The van der Waals surface area contributed by atoms with Gasteiger partial charge in [-0.3, -0.25) is 9.59 Å². The van der Waals surface area contributed by atoms with E-state index in [2.05, 4.69) is 10.6 Å². The van der Waals surface area contributed by atoms with Gasteiger partial charge in [-0.1, -0.05) is 74.5 Å². The summed E-state index contributed by atoms with van der Waals surface area (Å²) in [6, 6.07) is 17.8. The maximum absolute atomic E-state index is 13.1. The van der Waals surface area contributed by atoms with Crippen LogP contribution in [0.4, 0.5) is 4.79 Å². The molecule has 1 unspecified atom stereocenters. The quantitative estimate of drug-likeness (QED) is 0.461. The van der Waals surface area contributed by atoms with E-state index < -0.39 is 18.2 Å². The van der Waals surface area contributed by atoms with Gasteiger partial charge >= 0.3 is 6.09 Å². The second kappa shape index (κ2) is 13.7. The third kappa shape index (κ3) is 9.30. The number of ether oxygens (including phenoxy) is 1. The molecule has 2 N–H and O–H groups in total. The molecule has 2 aromatic carbocycles. The Morgan fingerprint density at radius 2 is 1.48 bits per heavy atom. The zero-order chi connectivity index (χ0) is 24.2. The van der Waals surface area contributed by atoms with Crippen LogP contribution in [0.1, 0.15) is 50.0 Å². The van der Waals surface area contributed by atoms with Crippen molar-refractivity contribution >= 4 is 29.5 Å². The predicted octanol–water partition coefficient (Wildman–Crippen LogP) is 4.90. The van der Waals surface area contributed by atoms with E-state index in [4.69, 9.17) is 4.74 Å². The Morgan fingerprint density at radius 1 is 0.879 bits per heavy atom. The van der Waals surface area contributed by atoms with Crippen molar-refractivity contribution in [3.05, 3.63) is 71.8 Å². The molecule has 0 bridgehead atoms. The number of alkyl carbamates (subject to hydrolysis) is 1. The van der Waals surface area contributed by atoms with Gasteiger partial charge in [0.25, 0.3) is 0 Å². The minimum absolute atomic E-state index is 0.0627. The molecular weight excluding hydrogens is 436 g/mol. The number of carbonyl (C=O) groups is 3. The molecule has 2 aromatic rings. The molecule has 3 atom stereocenters. The summed E-state index contributed by atoms with van der Waals surface area (Å²) in [4.78, 5) is 37.8. The first-order valence-electron chi connectivity index (χ1n) is 11.2. The molecule has 0 aliphatic rings. The van der Waals surface area contributed by atoms with Crippen molar-refractivity contribution in [2.75, 3.05) is 6.26 Å². The molecule has 6 nitrogen and oxygen atoms in total. The van der Waals surface area contributed by atoms with Gasteiger partial charge in [-0.05, 0) is 43.1 Å². The molecule has 33 heavy (non-hydrogen) atoms. The molecule has 0 radical (unpaired) electrons. The highest BCUT2D eigenvalue weighted by Crippen LogP contribution is 2.31. The van der Waals surface area contributed by atoms with Gasteiger partial charge in [-0.25, -0.2) is 4.79 Å². The second-order valence-electron chi connectivity index (χ2n) is 8.43. The van der Waals surface area contributed by atoms with E-state index in [-0.39, 0.29) is 29.5 Å². The number of amides is 2. The van der Waals surface area contributed by atoms with Crippen LogP contribution in [0.5, 0.6) is 0 Å². The predicted molar refractivity (Wildman–Crippen MR) is 133 cm³/mol. The number of ketones is 1. The summed E-state index contributed by atoms with van der Waals surface area (Å²) in [6.07, 6.45) is 2.23. The largest absolute Gasteiger partial charge is 0.445 e. The normalized spacial score (nSPS) is 13.6. The van der Waals surface area contributed by atoms with Crippen LogP contribution in [0.25, 0.3) is 0 Å². The van der Waals surface area contributed by atoms with E-state index in [0.29, 0.717) is 12.8 Å². The van der Waals surface area contributed by atoms with E-state index in [0.717, 1.165) is 11.1 Å². The fourth-order valence-electron chi connectivity index (χ4n) is 3.46. The highest BCUT2D eigenvalue weighted by atomic mass is 32.2. The van der Waals surface area contributed by atoms with E-state index in [9.17, 15) is 14.4 Å². The van der Waals surface area contributed by atoms with Crippen molar-refractivity contribution in [1.82, 2.24) is 10.6 Å². The lowest BCUT2D eigenvalue weighted by molar-refractivity contribution is -0.128. The monoisotopic (exact) mass is 470 g/mol. The third-order valence-electron chi connectivity index (χ3n) is 5.24. The molecule has 0 fully saturated rings. The SMILES string of the molecule is CSC(C[C@H](NC(=O)[C@H](CC(C)C)NC(=O)OCc1ccccc1)C(C)=O)c1ccccc1. The third-order valence-corrected chi connectivity index (χ3v) is 6.27. The van der Waals surface area contributed by atoms with E-state index in [1.807, 2.05) is 80.8 Å². The number of nitrogens with one attached hydrogen (secondary N) is 2. The van der Waals surface area contributed by atoms with Gasteiger partial charge in [0.05, 0.1) is 6.04 Å². The first kappa shape index (κ1) is 26.5. The first-order valence-corrected chi connectivity index (χ1v) is 12.4. The molecule has 0 saturated carbocycles. The Balaban J connectivity index is 2.02. The number of carbonyl (C=O) groups excluding carboxylic acids is 3. The Hall–Kier alpha value is -2.80. The van der Waals surface area contributed by atoms with Crippen molar-refractivity contribution in [2.45, 2.75) is 57.6 Å². The Morgan fingerprint density at radius 3 is 2.03 bits per heavy atom. The van der Waals surface area contributed by atoms with Crippen molar-refractivity contribution < 1.29 is 19.1 Å². The highest BCUT2D eigenvalue weighted by Gasteiger charge is 2.28. The van der Waals surface area contributed by atoms with Crippen LogP contribution >= 0.6 is 11.8 Å². The number of hydrogen-bond donors (Lipinski definition) is 2. The fourth-order valence-corrected chi connectivity index (χ4v) is 4.27. The number of benzene rings is 2. The number of Topliss-reactive ketones (excluding diaryl/α,β-unsaturated/α-hetero) is 1. The van der Waals surface area contributed by atoms with Gasteiger partial charge in [0.15, 0.2) is 5.78 Å². The summed E-state index contributed by atoms with van der Waals surface area (Å²) < 4.78 is 5.28. The molecule has 2 amide bonds. The lowest BCUT2D eigenvalue weighted by atomic mass is 10.00. The zero-order valence-electron chi connectivity index (χ0n) is 19.7. The van der Waals surface area contributed by atoms with E-state index >= 15 is 0 Å². The first-order chi connectivity index (χ1) is 15.8. The summed E-state index contributed by atoms with van der Waals surface area (Å²) in [7, 11) is 0. The highest BCUT2D eigenvalue weighted by molar-refractivity contribution is 7.98. The average Bonchev–Trinajstić information content (AvgIpc) is 2.80. The number of thioether (sulfide) groups is 1. The Kier molecular flexibility index (Phi) is 11.0. The average molecular weight is 471 g/mol. The molecule has 0 aliphatic carbocycles. The van der Waals surface area contributed by atoms with Crippen LogP contribution in [0, 0.1) is 5.92 Å². The maximum Gasteiger partial charge on any atom is 0.408 e. The number of rotatable bonds is 12. The standard InChI is InChI=1S/C26H34N2O4S/c1-18(2)15-23(28-26(31)32-17-20-11-7-5-8-12-20)25(30)27-22(19(3)29)16-24(33-4)21-13-9-6-10-14-21/h5-14,18,22-24H,15-17H2,1-4H3,(H,27,30)(H,28,31)/t22-,23-,24?/m0/s1. The number of hydrogen-bond acceptors (Lipinski definition) is 5. The summed E-state index contributed by atoms with van der Waals surface area (Å²) in [5.74, 6) is -0.337. The molecule has 0 aliphatic heterocycles. The van der Waals surface area contributed by atoms with Crippen LogP contribution in [-0.4, -0.2) is 36.1 Å². The van der Waals surface area contributed by atoms with Crippen LogP contribution in [-0.2, 0) is 20.9 Å². The van der Waals surface area contributed by atoms with Crippen molar-refractivity contribution in [1.29, 1.82) is 0 Å². The minimum atomic E-state index is -0.792. The van der Waals surface area contributed by atoms with E-state index in [1.54, 1.807) is 11.8 Å². The molecule has 7 heteroatoms. The zero-order valence-corrected chi connectivity index (χ0v) is 20.6. The molecule has 0 aromatic heterocycles. The van der Waals surface area contributed by atoms with Gasteiger partial charge in [0.1, 0.15) is 12.6 Å². The minimum Gasteiger partial charge on any atom is -0.445 e.